The number of hydrogen-bond acceptors (Lipinski definition) is 3. The van der Waals surface area contributed by atoms with Crippen molar-refractivity contribution < 1.29 is 18.3 Å². The van der Waals surface area contributed by atoms with Gasteiger partial charge in [0.25, 0.3) is 0 Å². The number of alkyl halides is 2. The van der Waals surface area contributed by atoms with Gasteiger partial charge in [0, 0.05) is 7.05 Å². The van der Waals surface area contributed by atoms with Crippen LogP contribution in [0.15, 0.2) is 18.2 Å². The molecule has 1 aromatic rings. The first-order valence-corrected chi connectivity index (χ1v) is 4.30. The average molecular weight is 215 g/mol. The molecule has 1 rings (SSSR count). The number of benzene rings is 1. The van der Waals surface area contributed by atoms with Gasteiger partial charge in [-0.3, -0.25) is 4.79 Å². The molecule has 1 N–H and O–H groups in total. The molecule has 0 aliphatic rings. The molecule has 0 fully saturated rings. The van der Waals surface area contributed by atoms with E-state index in [2.05, 4.69) is 10.1 Å². The normalized spacial score (nSPS) is 10.9. The Hall–Kier alpha value is -1.65. The van der Waals surface area contributed by atoms with Crippen molar-refractivity contribution in [1.82, 2.24) is 0 Å². The lowest BCUT2D eigenvalue weighted by molar-refractivity contribution is -0.176. The molecule has 0 spiro atoms. The molecule has 0 amide bonds. The van der Waals surface area contributed by atoms with E-state index in [9.17, 15) is 13.6 Å². The van der Waals surface area contributed by atoms with Gasteiger partial charge in [-0.15, -0.1) is 0 Å². The molecule has 0 bridgehead atoms. The minimum atomic E-state index is -3.79. The number of rotatable bonds is 4. The Morgan fingerprint density at radius 3 is 2.67 bits per heavy atom. The number of carbonyl (C=O) groups is 1. The van der Waals surface area contributed by atoms with Gasteiger partial charge in [-0.05, 0) is 24.6 Å². The molecule has 0 saturated carbocycles. The predicted molar refractivity (Wildman–Crippen MR) is 52.4 cm³/mol. The van der Waals surface area contributed by atoms with Gasteiger partial charge in [-0.25, -0.2) is 0 Å². The van der Waals surface area contributed by atoms with E-state index in [1.165, 1.54) is 6.07 Å². The third-order valence-electron chi connectivity index (χ3n) is 1.79. The van der Waals surface area contributed by atoms with Gasteiger partial charge in [0.15, 0.2) is 0 Å². The van der Waals surface area contributed by atoms with E-state index < -0.39 is 12.4 Å². The third-order valence-corrected chi connectivity index (χ3v) is 1.79. The molecule has 3 nitrogen and oxygen atoms in total. The van der Waals surface area contributed by atoms with E-state index in [0.717, 1.165) is 5.56 Å². The fourth-order valence-corrected chi connectivity index (χ4v) is 1.10. The molecule has 0 aliphatic heterocycles. The Labute approximate surface area is 86.0 Å². The summed E-state index contributed by atoms with van der Waals surface area (Å²) in [5.41, 5.74) is 1.32. The molecule has 0 unspecified atom stereocenters. The van der Waals surface area contributed by atoms with E-state index in [0.29, 0.717) is 5.69 Å². The van der Waals surface area contributed by atoms with Crippen molar-refractivity contribution in [2.24, 2.45) is 0 Å². The summed E-state index contributed by atoms with van der Waals surface area (Å²) < 4.78 is 29.5. The average Bonchev–Trinajstić information content (AvgIpc) is 2.20. The maximum atomic E-state index is 12.6. The predicted octanol–water partition coefficient (Wildman–Crippen LogP) is 2.21. The second kappa shape index (κ2) is 4.25. The first kappa shape index (κ1) is 11.4. The van der Waals surface area contributed by atoms with Crippen molar-refractivity contribution in [2.75, 3.05) is 12.4 Å². The van der Waals surface area contributed by atoms with Crippen LogP contribution in [-0.4, -0.2) is 19.4 Å². The summed E-state index contributed by atoms with van der Waals surface area (Å²) in [5.74, 6) is -0.0554. The van der Waals surface area contributed by atoms with Crippen LogP contribution >= 0.6 is 0 Å². The SMILES string of the molecule is CNc1cc(C)ccc1OC(F)(F)C=O. The second-order valence-corrected chi connectivity index (χ2v) is 3.03. The second-order valence-electron chi connectivity index (χ2n) is 3.03. The number of nitrogens with one attached hydrogen (secondary N) is 1. The first-order valence-electron chi connectivity index (χ1n) is 4.30. The Morgan fingerprint density at radius 1 is 1.47 bits per heavy atom. The summed E-state index contributed by atoms with van der Waals surface area (Å²) in [6.07, 6.45) is -4.33. The van der Waals surface area contributed by atoms with Crippen molar-refractivity contribution >= 4 is 12.0 Å². The third kappa shape index (κ3) is 2.90. The summed E-state index contributed by atoms with van der Waals surface area (Å²) in [6.45, 7) is 1.82. The number of aryl methyl sites for hydroxylation is 1. The van der Waals surface area contributed by atoms with Crippen molar-refractivity contribution in [3.05, 3.63) is 23.8 Å². The maximum Gasteiger partial charge on any atom is 0.458 e. The van der Waals surface area contributed by atoms with Crippen LogP contribution in [0.5, 0.6) is 5.75 Å². The zero-order chi connectivity index (χ0) is 11.5. The molecule has 0 saturated heterocycles. The monoisotopic (exact) mass is 215 g/mol. The van der Waals surface area contributed by atoms with Gasteiger partial charge in [0.1, 0.15) is 5.75 Å². The lowest BCUT2D eigenvalue weighted by Gasteiger charge is -2.15. The van der Waals surface area contributed by atoms with Gasteiger partial charge in [-0.1, -0.05) is 6.07 Å². The minimum Gasteiger partial charge on any atom is -0.425 e. The van der Waals surface area contributed by atoms with E-state index in [1.807, 2.05) is 6.92 Å². The van der Waals surface area contributed by atoms with Gasteiger partial charge < -0.3 is 10.1 Å². The zero-order valence-corrected chi connectivity index (χ0v) is 8.38. The molecule has 15 heavy (non-hydrogen) atoms. The number of hydrogen-bond donors (Lipinski definition) is 1. The number of ether oxygens (including phenoxy) is 1. The maximum absolute atomic E-state index is 12.6. The van der Waals surface area contributed by atoms with Crippen LogP contribution in [0, 0.1) is 6.92 Å². The Morgan fingerprint density at radius 2 is 2.13 bits per heavy atom. The van der Waals surface area contributed by atoms with Crippen LogP contribution in [0.2, 0.25) is 0 Å². The summed E-state index contributed by atoms with van der Waals surface area (Å²) >= 11 is 0. The fourth-order valence-electron chi connectivity index (χ4n) is 1.10. The topological polar surface area (TPSA) is 38.3 Å². The Kier molecular flexibility index (Phi) is 3.24. The minimum absolute atomic E-state index is 0.0554. The Balaban J connectivity index is 2.99. The highest BCUT2D eigenvalue weighted by Gasteiger charge is 2.31. The molecule has 0 heterocycles. The smallest absolute Gasteiger partial charge is 0.425 e. The fraction of sp³-hybridized carbons (Fsp3) is 0.300. The molecule has 5 heteroatoms. The number of carbonyl (C=O) groups excluding carboxylic acids is 1. The Bertz CT molecular complexity index is 366. The lowest BCUT2D eigenvalue weighted by Crippen LogP contribution is -2.26. The van der Waals surface area contributed by atoms with Crippen LogP contribution in [0.1, 0.15) is 5.56 Å². The number of anilines is 1. The van der Waals surface area contributed by atoms with Crippen LogP contribution in [0.3, 0.4) is 0 Å². The zero-order valence-electron chi connectivity index (χ0n) is 8.38. The van der Waals surface area contributed by atoms with E-state index in [1.54, 1.807) is 19.2 Å². The van der Waals surface area contributed by atoms with Gasteiger partial charge >= 0.3 is 6.11 Å². The van der Waals surface area contributed by atoms with Crippen molar-refractivity contribution in [2.45, 2.75) is 13.0 Å². The highest BCUT2D eigenvalue weighted by atomic mass is 19.3. The summed E-state index contributed by atoms with van der Waals surface area (Å²) in [6, 6.07) is 4.66. The molecule has 0 radical (unpaired) electrons. The summed E-state index contributed by atoms with van der Waals surface area (Å²) in [7, 11) is 1.58. The standard InChI is InChI=1S/C10H11F2NO2/c1-7-3-4-9(8(5-7)13-2)15-10(11,12)6-14/h3-6,13H,1-2H3. The van der Waals surface area contributed by atoms with Gasteiger partial charge in [-0.2, -0.15) is 8.78 Å². The van der Waals surface area contributed by atoms with Crippen molar-refractivity contribution in [1.29, 1.82) is 0 Å². The van der Waals surface area contributed by atoms with Gasteiger partial charge in [0.2, 0.25) is 6.29 Å². The van der Waals surface area contributed by atoms with Crippen LogP contribution in [0.25, 0.3) is 0 Å². The first-order chi connectivity index (χ1) is 6.98. The van der Waals surface area contributed by atoms with Crippen molar-refractivity contribution in [3.8, 4) is 5.75 Å². The highest BCUT2D eigenvalue weighted by Crippen LogP contribution is 2.29. The summed E-state index contributed by atoms with van der Waals surface area (Å²) in [4.78, 5) is 10.0. The highest BCUT2D eigenvalue weighted by molar-refractivity contribution is 5.62. The summed E-state index contributed by atoms with van der Waals surface area (Å²) in [5, 5.41) is 2.71. The van der Waals surface area contributed by atoms with Crippen molar-refractivity contribution in [3.63, 3.8) is 0 Å². The van der Waals surface area contributed by atoms with Gasteiger partial charge in [0.05, 0.1) is 5.69 Å². The molecular weight excluding hydrogens is 204 g/mol. The molecule has 1 aromatic carbocycles. The van der Waals surface area contributed by atoms with E-state index in [4.69, 9.17) is 0 Å². The molecule has 0 aromatic heterocycles. The molecule has 0 atom stereocenters. The van der Waals surface area contributed by atoms with Crippen LogP contribution in [0.4, 0.5) is 14.5 Å². The molecule has 0 aliphatic carbocycles. The lowest BCUT2D eigenvalue weighted by atomic mass is 10.2. The van der Waals surface area contributed by atoms with E-state index >= 15 is 0 Å². The number of halogens is 2. The quantitative estimate of drug-likeness (QED) is 0.782. The molecular formula is C10H11F2NO2. The number of aldehydes is 1. The van der Waals surface area contributed by atoms with Crippen LogP contribution < -0.4 is 10.1 Å². The largest absolute Gasteiger partial charge is 0.458 e. The van der Waals surface area contributed by atoms with E-state index in [-0.39, 0.29) is 5.75 Å². The molecule has 82 valence electrons. The van der Waals surface area contributed by atoms with Crippen LogP contribution in [-0.2, 0) is 4.79 Å².